The molecular formula is C12H15ClF2N2. The summed E-state index contributed by atoms with van der Waals surface area (Å²) in [5.74, 6) is 0. The minimum atomic E-state index is -2.40. The summed E-state index contributed by atoms with van der Waals surface area (Å²) in [5.41, 5.74) is 0.592. The highest BCUT2D eigenvalue weighted by Gasteiger charge is 2.29. The molecule has 0 amide bonds. The van der Waals surface area contributed by atoms with E-state index in [0.29, 0.717) is 23.7 Å². The number of benzene rings is 1. The lowest BCUT2D eigenvalue weighted by Gasteiger charge is -2.34. The summed E-state index contributed by atoms with van der Waals surface area (Å²) in [6, 6.07) is 5.90. The van der Waals surface area contributed by atoms with Gasteiger partial charge in [-0.05, 0) is 17.7 Å². The second-order valence-electron chi connectivity index (χ2n) is 4.12. The van der Waals surface area contributed by atoms with Crippen molar-refractivity contribution in [1.82, 2.24) is 10.2 Å². The fourth-order valence-corrected chi connectivity index (χ4v) is 2.37. The van der Waals surface area contributed by atoms with E-state index < -0.39 is 12.5 Å². The zero-order valence-electron chi connectivity index (χ0n) is 9.37. The van der Waals surface area contributed by atoms with E-state index in [-0.39, 0.29) is 0 Å². The number of nitrogens with one attached hydrogen (secondary N) is 1. The van der Waals surface area contributed by atoms with Gasteiger partial charge in [-0.3, -0.25) is 4.90 Å². The molecule has 0 aliphatic carbocycles. The molecule has 2 rings (SSSR count). The molecule has 17 heavy (non-hydrogen) atoms. The van der Waals surface area contributed by atoms with Crippen LogP contribution in [-0.2, 0) is 0 Å². The summed E-state index contributed by atoms with van der Waals surface area (Å²) < 4.78 is 26.4. The second kappa shape index (κ2) is 5.76. The van der Waals surface area contributed by atoms with Crippen LogP contribution in [0.5, 0.6) is 0 Å². The molecule has 94 valence electrons. The molecule has 1 saturated heterocycles. The Labute approximate surface area is 105 Å². The minimum Gasteiger partial charge on any atom is -0.314 e. The van der Waals surface area contributed by atoms with Crippen molar-refractivity contribution in [3.8, 4) is 0 Å². The van der Waals surface area contributed by atoms with Gasteiger partial charge in [-0.2, -0.15) is 0 Å². The van der Waals surface area contributed by atoms with Crippen LogP contribution in [0.4, 0.5) is 8.78 Å². The minimum absolute atomic E-state index is 0.503. The highest BCUT2D eigenvalue weighted by molar-refractivity contribution is 6.30. The van der Waals surface area contributed by atoms with Gasteiger partial charge < -0.3 is 5.32 Å². The van der Waals surface area contributed by atoms with E-state index in [1.807, 2.05) is 4.90 Å². The average Bonchev–Trinajstić information content (AvgIpc) is 2.30. The van der Waals surface area contributed by atoms with Crippen LogP contribution in [0, 0.1) is 0 Å². The first kappa shape index (κ1) is 12.7. The third-order valence-corrected chi connectivity index (χ3v) is 3.21. The molecule has 1 aromatic rings. The lowest BCUT2D eigenvalue weighted by atomic mass is 10.1. The molecule has 0 spiro atoms. The van der Waals surface area contributed by atoms with Gasteiger partial charge in [-0.25, -0.2) is 8.78 Å². The molecular weight excluding hydrogens is 246 g/mol. The highest BCUT2D eigenvalue weighted by atomic mass is 35.5. The quantitative estimate of drug-likeness (QED) is 0.899. The van der Waals surface area contributed by atoms with E-state index in [9.17, 15) is 8.78 Å². The number of alkyl halides is 2. The van der Waals surface area contributed by atoms with Crippen molar-refractivity contribution in [3.63, 3.8) is 0 Å². The van der Waals surface area contributed by atoms with Gasteiger partial charge >= 0.3 is 0 Å². The van der Waals surface area contributed by atoms with Crippen LogP contribution in [0.2, 0.25) is 5.02 Å². The lowest BCUT2D eigenvalue weighted by molar-refractivity contribution is 0.0182. The van der Waals surface area contributed by atoms with Crippen molar-refractivity contribution in [2.24, 2.45) is 0 Å². The molecule has 1 aliphatic heterocycles. The van der Waals surface area contributed by atoms with Gasteiger partial charge in [0.1, 0.15) is 0 Å². The summed E-state index contributed by atoms with van der Waals surface area (Å²) in [5, 5.41) is 3.66. The molecule has 1 heterocycles. The number of hydrogen-bond donors (Lipinski definition) is 1. The van der Waals surface area contributed by atoms with Crippen molar-refractivity contribution in [2.45, 2.75) is 12.5 Å². The fourth-order valence-electron chi connectivity index (χ4n) is 2.17. The zero-order chi connectivity index (χ0) is 12.3. The zero-order valence-corrected chi connectivity index (χ0v) is 10.1. The molecule has 0 saturated carbocycles. The first-order valence-corrected chi connectivity index (χ1v) is 6.04. The van der Waals surface area contributed by atoms with Gasteiger partial charge in [0.15, 0.2) is 0 Å². The van der Waals surface area contributed by atoms with Crippen molar-refractivity contribution in [2.75, 3.05) is 26.2 Å². The molecule has 2 nitrogen and oxygen atoms in total. The molecule has 0 bridgehead atoms. The Morgan fingerprint density at radius 1 is 1.24 bits per heavy atom. The Bertz CT molecular complexity index is 367. The smallest absolute Gasteiger partial charge is 0.258 e. The predicted molar refractivity (Wildman–Crippen MR) is 64.6 cm³/mol. The molecule has 1 aromatic carbocycles. The Hall–Kier alpha value is -0.710. The normalized spacial score (nSPS) is 19.5. The molecule has 1 atom stereocenters. The molecule has 0 radical (unpaired) electrons. The van der Waals surface area contributed by atoms with Gasteiger partial charge in [0.05, 0.1) is 6.04 Å². The molecule has 1 fully saturated rings. The summed E-state index contributed by atoms with van der Waals surface area (Å²) in [6.45, 7) is 2.79. The monoisotopic (exact) mass is 260 g/mol. The topological polar surface area (TPSA) is 15.3 Å². The van der Waals surface area contributed by atoms with Gasteiger partial charge in [-0.15, -0.1) is 0 Å². The third kappa shape index (κ3) is 3.15. The second-order valence-corrected chi connectivity index (χ2v) is 4.56. The number of rotatable bonds is 3. The Kier molecular flexibility index (Phi) is 4.31. The number of nitrogens with zero attached hydrogens (tertiary/aromatic N) is 1. The number of halogens is 3. The van der Waals surface area contributed by atoms with E-state index in [0.717, 1.165) is 13.1 Å². The van der Waals surface area contributed by atoms with E-state index in [1.54, 1.807) is 24.3 Å². The molecule has 5 heteroatoms. The van der Waals surface area contributed by atoms with Gasteiger partial charge in [-0.1, -0.05) is 23.7 Å². The van der Waals surface area contributed by atoms with Crippen LogP contribution >= 0.6 is 11.6 Å². The van der Waals surface area contributed by atoms with Gasteiger partial charge in [0.2, 0.25) is 0 Å². The predicted octanol–water partition coefficient (Wildman–Crippen LogP) is 2.55. The molecule has 1 N–H and O–H groups in total. The molecule has 0 aromatic heterocycles. The maximum absolute atomic E-state index is 13.2. The summed E-state index contributed by atoms with van der Waals surface area (Å²) in [7, 11) is 0. The van der Waals surface area contributed by atoms with E-state index in [1.165, 1.54) is 0 Å². The third-order valence-electron chi connectivity index (χ3n) is 2.97. The molecule has 1 aliphatic rings. The fraction of sp³-hybridized carbons (Fsp3) is 0.500. The van der Waals surface area contributed by atoms with Crippen LogP contribution in [0.15, 0.2) is 24.3 Å². The summed E-state index contributed by atoms with van der Waals surface area (Å²) in [6.07, 6.45) is -2.40. The summed E-state index contributed by atoms with van der Waals surface area (Å²) >= 11 is 5.86. The van der Waals surface area contributed by atoms with Crippen LogP contribution in [0.25, 0.3) is 0 Å². The lowest BCUT2D eigenvalue weighted by Crippen LogP contribution is -2.46. The van der Waals surface area contributed by atoms with Gasteiger partial charge in [0, 0.05) is 31.2 Å². The first-order valence-electron chi connectivity index (χ1n) is 5.67. The summed E-state index contributed by atoms with van der Waals surface area (Å²) in [4.78, 5) is 1.81. The van der Waals surface area contributed by atoms with Crippen LogP contribution < -0.4 is 5.32 Å². The van der Waals surface area contributed by atoms with Crippen molar-refractivity contribution in [3.05, 3.63) is 34.9 Å². The Balaban J connectivity index is 2.21. The largest absolute Gasteiger partial charge is 0.314 e. The number of piperazine rings is 1. The van der Waals surface area contributed by atoms with Crippen molar-refractivity contribution < 1.29 is 8.78 Å². The van der Waals surface area contributed by atoms with Crippen LogP contribution in [0.1, 0.15) is 11.6 Å². The van der Waals surface area contributed by atoms with Crippen LogP contribution in [0.3, 0.4) is 0 Å². The van der Waals surface area contributed by atoms with Crippen LogP contribution in [-0.4, -0.2) is 37.5 Å². The standard InChI is InChI=1S/C12H15ClF2N2/c13-10-3-1-2-9(8-10)11(12(14)15)17-6-4-16-5-7-17/h1-3,8,11-12,16H,4-7H2/t11-/m1/s1. The van der Waals surface area contributed by atoms with E-state index >= 15 is 0 Å². The highest BCUT2D eigenvalue weighted by Crippen LogP contribution is 2.29. The Morgan fingerprint density at radius 2 is 1.94 bits per heavy atom. The SMILES string of the molecule is FC(F)[C@@H](c1cccc(Cl)c1)N1CCNCC1. The Morgan fingerprint density at radius 3 is 2.53 bits per heavy atom. The van der Waals surface area contributed by atoms with E-state index in [4.69, 9.17) is 11.6 Å². The number of hydrogen-bond acceptors (Lipinski definition) is 2. The maximum Gasteiger partial charge on any atom is 0.258 e. The maximum atomic E-state index is 13.2. The van der Waals surface area contributed by atoms with Crippen molar-refractivity contribution >= 4 is 11.6 Å². The van der Waals surface area contributed by atoms with Gasteiger partial charge in [0.25, 0.3) is 6.43 Å². The van der Waals surface area contributed by atoms with Crippen molar-refractivity contribution in [1.29, 1.82) is 0 Å². The molecule has 0 unspecified atom stereocenters. The average molecular weight is 261 g/mol. The van der Waals surface area contributed by atoms with E-state index in [2.05, 4.69) is 5.32 Å². The first-order chi connectivity index (χ1) is 8.18.